The molecule has 2 aromatic carbocycles. The quantitative estimate of drug-likeness (QED) is 0.436. The number of benzene rings is 2. The van der Waals surface area contributed by atoms with E-state index >= 15 is 0 Å². The van der Waals surface area contributed by atoms with Crippen molar-refractivity contribution in [1.29, 1.82) is 0 Å². The highest BCUT2D eigenvalue weighted by Gasteiger charge is 2.24. The third-order valence-electron chi connectivity index (χ3n) is 4.46. The maximum absolute atomic E-state index is 12.7. The van der Waals surface area contributed by atoms with Crippen molar-refractivity contribution in [2.24, 2.45) is 0 Å². The van der Waals surface area contributed by atoms with E-state index in [-0.39, 0.29) is 12.3 Å². The zero-order valence-corrected chi connectivity index (χ0v) is 16.8. The largest absolute Gasteiger partial charge is 0.480 e. The van der Waals surface area contributed by atoms with E-state index < -0.39 is 29.5 Å². The molecule has 2 atom stereocenters. The van der Waals surface area contributed by atoms with Gasteiger partial charge in [-0.3, -0.25) is 25.0 Å². The molecule has 0 radical (unpaired) electrons. The molecule has 1 amide bonds. The van der Waals surface area contributed by atoms with Crippen molar-refractivity contribution in [1.82, 2.24) is 10.5 Å². The third kappa shape index (κ3) is 5.59. The molecule has 0 aliphatic carbocycles. The first-order valence-corrected chi connectivity index (χ1v) is 9.53. The second-order valence-electron chi connectivity index (χ2n) is 6.76. The summed E-state index contributed by atoms with van der Waals surface area (Å²) in [7, 11) is 0. The Kier molecular flexibility index (Phi) is 6.71. The van der Waals surface area contributed by atoms with Gasteiger partial charge in [0, 0.05) is 5.02 Å². The first kappa shape index (κ1) is 21.4. The van der Waals surface area contributed by atoms with Gasteiger partial charge in [-0.15, -0.1) is 0 Å². The molecule has 3 aromatic rings. The number of H-pyrrole nitrogens is 1. The van der Waals surface area contributed by atoms with Gasteiger partial charge in [0.1, 0.15) is 6.04 Å². The number of carbonyl (C=O) groups is 2. The maximum Gasteiger partial charge on any atom is 0.320 e. The number of aliphatic carboxylic acids is 1. The predicted molar refractivity (Wildman–Crippen MR) is 113 cm³/mol. The van der Waals surface area contributed by atoms with Crippen LogP contribution in [-0.2, 0) is 16.0 Å². The summed E-state index contributed by atoms with van der Waals surface area (Å²) in [5.41, 5.74) is 2.25. The van der Waals surface area contributed by atoms with Gasteiger partial charge < -0.3 is 9.63 Å². The molecule has 1 aromatic heterocycles. The second-order valence-corrected chi connectivity index (χ2v) is 7.19. The highest BCUT2D eigenvalue weighted by atomic mass is 35.5. The average Bonchev–Trinajstić information content (AvgIpc) is 3.12. The van der Waals surface area contributed by atoms with Gasteiger partial charge in [-0.1, -0.05) is 48.0 Å². The van der Waals surface area contributed by atoms with E-state index in [1.165, 1.54) is 6.92 Å². The monoisotopic (exact) mass is 429 g/mol. The number of carboxylic acid groups (broad SMARTS) is 1. The number of rotatable bonds is 8. The molecule has 0 aliphatic heterocycles. The van der Waals surface area contributed by atoms with Crippen molar-refractivity contribution >= 4 is 29.4 Å². The fourth-order valence-electron chi connectivity index (χ4n) is 2.89. The number of halogens is 1. The van der Waals surface area contributed by atoms with Gasteiger partial charge in [-0.25, -0.2) is 0 Å². The molecule has 0 spiro atoms. The van der Waals surface area contributed by atoms with Crippen LogP contribution in [0.3, 0.4) is 0 Å². The van der Waals surface area contributed by atoms with Crippen molar-refractivity contribution in [2.75, 3.05) is 5.32 Å². The number of anilines is 1. The van der Waals surface area contributed by atoms with Gasteiger partial charge in [0.25, 0.3) is 5.56 Å². The fraction of sp³-hybridized carbons (Fsp3) is 0.190. The highest BCUT2D eigenvalue weighted by molar-refractivity contribution is 6.30. The predicted octanol–water partition coefficient (Wildman–Crippen LogP) is 2.90. The molecule has 156 valence electrons. The summed E-state index contributed by atoms with van der Waals surface area (Å²) in [6, 6.07) is 14.3. The maximum atomic E-state index is 12.7. The van der Waals surface area contributed by atoms with Crippen LogP contribution < -0.4 is 16.2 Å². The Morgan fingerprint density at radius 2 is 1.87 bits per heavy atom. The zero-order chi connectivity index (χ0) is 21.7. The molecule has 0 fully saturated rings. The number of carboxylic acids is 1. The van der Waals surface area contributed by atoms with Crippen molar-refractivity contribution < 1.29 is 19.2 Å². The van der Waals surface area contributed by atoms with Crippen LogP contribution in [0.2, 0.25) is 5.02 Å². The third-order valence-corrected chi connectivity index (χ3v) is 4.70. The first-order chi connectivity index (χ1) is 14.3. The summed E-state index contributed by atoms with van der Waals surface area (Å²) in [6.07, 6.45) is 0.230. The Morgan fingerprint density at radius 3 is 2.47 bits per heavy atom. The summed E-state index contributed by atoms with van der Waals surface area (Å²) in [4.78, 5) is 35.1. The lowest BCUT2D eigenvalue weighted by atomic mass is 10.00. The minimum absolute atomic E-state index is 0.0453. The minimum Gasteiger partial charge on any atom is -0.480 e. The molecule has 8 nitrogen and oxygen atoms in total. The number of aromatic nitrogens is 1. The van der Waals surface area contributed by atoms with E-state index in [0.29, 0.717) is 5.02 Å². The molecule has 3 rings (SSSR count). The molecule has 0 bridgehead atoms. The highest BCUT2D eigenvalue weighted by Crippen LogP contribution is 2.23. The van der Waals surface area contributed by atoms with Crippen LogP contribution >= 0.6 is 11.6 Å². The molecular formula is C21H20ClN3O5. The second kappa shape index (κ2) is 9.43. The van der Waals surface area contributed by atoms with E-state index in [1.54, 1.807) is 6.07 Å². The summed E-state index contributed by atoms with van der Waals surface area (Å²) >= 11 is 6.04. The lowest BCUT2D eigenvalue weighted by Crippen LogP contribution is -2.48. The lowest BCUT2D eigenvalue weighted by molar-refractivity contribution is -0.139. The summed E-state index contributed by atoms with van der Waals surface area (Å²) in [5, 5.41) is 17.2. The lowest BCUT2D eigenvalue weighted by Gasteiger charge is -2.20. The van der Waals surface area contributed by atoms with Crippen LogP contribution in [0.4, 0.5) is 5.88 Å². The Balaban J connectivity index is 1.76. The Morgan fingerprint density at radius 1 is 1.13 bits per heavy atom. The first-order valence-electron chi connectivity index (χ1n) is 9.15. The van der Waals surface area contributed by atoms with Crippen LogP contribution in [0.1, 0.15) is 12.5 Å². The van der Waals surface area contributed by atoms with E-state index in [2.05, 4.69) is 15.8 Å². The Hall–Kier alpha value is -3.36. The van der Waals surface area contributed by atoms with Crippen LogP contribution in [-0.4, -0.2) is 34.2 Å². The molecule has 30 heavy (non-hydrogen) atoms. The molecule has 0 saturated heterocycles. The fourth-order valence-corrected chi connectivity index (χ4v) is 3.08. The summed E-state index contributed by atoms with van der Waals surface area (Å²) in [6.45, 7) is 1.45. The minimum atomic E-state index is -1.09. The van der Waals surface area contributed by atoms with E-state index in [1.807, 2.05) is 42.5 Å². The Bertz CT molecular complexity index is 1090. The molecule has 1 heterocycles. The zero-order valence-electron chi connectivity index (χ0n) is 16.0. The number of carbonyl (C=O) groups excluding carboxylic acids is 1. The van der Waals surface area contributed by atoms with E-state index in [0.717, 1.165) is 22.8 Å². The van der Waals surface area contributed by atoms with Gasteiger partial charge in [-0.2, -0.15) is 5.16 Å². The van der Waals surface area contributed by atoms with Crippen LogP contribution in [0.15, 0.2) is 63.9 Å². The molecule has 9 heteroatoms. The van der Waals surface area contributed by atoms with E-state index in [4.69, 9.17) is 16.1 Å². The summed E-state index contributed by atoms with van der Waals surface area (Å²) < 4.78 is 4.84. The van der Waals surface area contributed by atoms with Crippen LogP contribution in [0, 0.1) is 0 Å². The normalized spacial score (nSPS) is 12.9. The van der Waals surface area contributed by atoms with Crippen molar-refractivity contribution in [3.05, 3.63) is 75.5 Å². The summed E-state index contributed by atoms with van der Waals surface area (Å²) in [5.74, 6) is -1.65. The topological polar surface area (TPSA) is 124 Å². The van der Waals surface area contributed by atoms with Crippen LogP contribution in [0.25, 0.3) is 11.1 Å². The number of hydrogen-bond donors (Lipinski definition) is 4. The number of hydrogen-bond acceptors (Lipinski definition) is 5. The Labute approximate surface area is 176 Å². The molecule has 0 saturated carbocycles. The van der Waals surface area contributed by atoms with Gasteiger partial charge in [0.15, 0.2) is 0 Å². The smallest absolute Gasteiger partial charge is 0.320 e. The molecule has 0 unspecified atom stereocenters. The molecule has 0 aliphatic rings. The number of nitrogens with one attached hydrogen (secondary N) is 3. The van der Waals surface area contributed by atoms with Crippen molar-refractivity contribution in [3.8, 4) is 11.1 Å². The van der Waals surface area contributed by atoms with Gasteiger partial charge in [0.2, 0.25) is 11.8 Å². The molecule has 4 N–H and O–H groups in total. The van der Waals surface area contributed by atoms with Gasteiger partial charge in [-0.05, 0) is 42.2 Å². The van der Waals surface area contributed by atoms with Gasteiger partial charge >= 0.3 is 5.97 Å². The molecular weight excluding hydrogens is 410 g/mol. The standard InChI is InChI=1S/C21H20ClN3O5/c1-12(21(28)29)23-17(20(27)24-19-11-18(26)25-30-19)9-13-5-7-14(8-6-13)15-3-2-4-16(22)10-15/h2-8,10-12,17,23H,9H2,1H3,(H,24,27)(H,25,26)(H,28,29)/t12-,17-/m0/s1. The SMILES string of the molecule is C[C@H](N[C@@H](Cc1ccc(-c2cccc(Cl)c2)cc1)C(=O)Nc1cc(=O)[nH]o1)C(=O)O. The van der Waals surface area contributed by atoms with E-state index in [9.17, 15) is 19.5 Å². The average molecular weight is 430 g/mol. The van der Waals surface area contributed by atoms with Crippen molar-refractivity contribution in [3.63, 3.8) is 0 Å². The van der Waals surface area contributed by atoms with Gasteiger partial charge in [0.05, 0.1) is 12.1 Å². The number of aromatic amines is 1. The van der Waals surface area contributed by atoms with Crippen LogP contribution in [0.5, 0.6) is 0 Å². The van der Waals surface area contributed by atoms with Crippen molar-refractivity contribution in [2.45, 2.75) is 25.4 Å². The number of amides is 1.